The second-order valence-corrected chi connectivity index (χ2v) is 6.90. The first kappa shape index (κ1) is 19.1. The van der Waals surface area contributed by atoms with Gasteiger partial charge in [0.25, 0.3) is 0 Å². The highest BCUT2D eigenvalue weighted by atomic mass is 32.2. The fourth-order valence-electron chi connectivity index (χ4n) is 2.11. The van der Waals surface area contributed by atoms with Gasteiger partial charge in [-0.25, -0.2) is 0 Å². The van der Waals surface area contributed by atoms with Crippen LogP contribution in [-0.2, 0) is 23.4 Å². The lowest BCUT2D eigenvalue weighted by Gasteiger charge is -2.15. The van der Waals surface area contributed by atoms with Crippen LogP contribution in [0.25, 0.3) is 0 Å². The van der Waals surface area contributed by atoms with Crippen molar-refractivity contribution in [2.75, 3.05) is 17.3 Å². The summed E-state index contributed by atoms with van der Waals surface area (Å²) in [5.41, 5.74) is 6.34. The second-order valence-electron chi connectivity index (χ2n) is 5.52. The molecule has 2 rings (SSSR count). The predicted octanol–water partition coefficient (Wildman–Crippen LogP) is 2.64. The maximum atomic E-state index is 12.7. The number of nitrogens with one attached hydrogen (secondary N) is 1. The Kier molecular flexibility index (Phi) is 5.93. The van der Waals surface area contributed by atoms with Gasteiger partial charge < -0.3 is 11.1 Å². The molecule has 0 aliphatic heterocycles. The number of anilines is 2. The van der Waals surface area contributed by atoms with Gasteiger partial charge in [0.2, 0.25) is 17.7 Å². The van der Waals surface area contributed by atoms with Crippen LogP contribution >= 0.6 is 0 Å². The molecule has 0 aliphatic rings. The predicted molar refractivity (Wildman–Crippen MR) is 89.4 cm³/mol. The third kappa shape index (κ3) is 5.66. The van der Waals surface area contributed by atoms with Crippen molar-refractivity contribution in [2.45, 2.75) is 36.9 Å². The van der Waals surface area contributed by atoms with Gasteiger partial charge in [-0.2, -0.15) is 28.1 Å². The standard InChI is InChI=1S/C15H18F3N5OS/c1-9(3-4-10-5-7-11(8-6-10)25(2)24)20-14-22-12(15(16,17)18)21-13(19)23-14/h5-9H,3-4H2,1-2H3,(H3,19,20,21,22,23). The van der Waals surface area contributed by atoms with Gasteiger partial charge in [-0.05, 0) is 37.5 Å². The average Bonchev–Trinajstić information content (AvgIpc) is 2.52. The molecule has 0 amide bonds. The number of alkyl halides is 3. The average molecular weight is 373 g/mol. The van der Waals surface area contributed by atoms with E-state index in [1.54, 1.807) is 18.4 Å². The van der Waals surface area contributed by atoms with E-state index in [-0.39, 0.29) is 12.0 Å². The van der Waals surface area contributed by atoms with E-state index in [1.807, 2.05) is 19.1 Å². The number of nitrogen functional groups attached to an aromatic ring is 1. The van der Waals surface area contributed by atoms with Gasteiger partial charge in [0.1, 0.15) is 0 Å². The van der Waals surface area contributed by atoms with E-state index in [0.29, 0.717) is 12.8 Å². The molecule has 0 saturated carbocycles. The van der Waals surface area contributed by atoms with E-state index in [2.05, 4.69) is 20.3 Å². The smallest absolute Gasteiger partial charge is 0.368 e. The van der Waals surface area contributed by atoms with Crippen LogP contribution in [-0.4, -0.2) is 31.5 Å². The number of nitrogens with two attached hydrogens (primary N) is 1. The van der Waals surface area contributed by atoms with Crippen LogP contribution in [0, 0.1) is 0 Å². The molecule has 136 valence electrons. The fraction of sp³-hybridized carbons (Fsp3) is 0.400. The monoisotopic (exact) mass is 373 g/mol. The highest BCUT2D eigenvalue weighted by Crippen LogP contribution is 2.27. The molecule has 3 N–H and O–H groups in total. The Bertz CT molecular complexity index is 752. The zero-order valence-electron chi connectivity index (χ0n) is 13.7. The summed E-state index contributed by atoms with van der Waals surface area (Å²) in [5, 5.41) is 2.80. The maximum Gasteiger partial charge on any atom is 0.451 e. The Hall–Kier alpha value is -2.23. The van der Waals surface area contributed by atoms with Crippen LogP contribution in [0.3, 0.4) is 0 Å². The molecule has 0 aliphatic carbocycles. The number of benzene rings is 1. The van der Waals surface area contributed by atoms with Gasteiger partial charge in [0.05, 0.1) is 0 Å². The van der Waals surface area contributed by atoms with E-state index >= 15 is 0 Å². The Morgan fingerprint density at radius 3 is 2.40 bits per heavy atom. The van der Waals surface area contributed by atoms with E-state index in [4.69, 9.17) is 5.73 Å². The molecule has 1 heterocycles. The summed E-state index contributed by atoms with van der Waals surface area (Å²) < 4.78 is 49.4. The van der Waals surface area contributed by atoms with Crippen LogP contribution in [0.1, 0.15) is 24.7 Å². The topological polar surface area (TPSA) is 93.8 Å². The van der Waals surface area contributed by atoms with Crippen LogP contribution in [0.4, 0.5) is 25.1 Å². The van der Waals surface area contributed by atoms with Gasteiger partial charge in [-0.3, -0.25) is 4.21 Å². The summed E-state index contributed by atoms with van der Waals surface area (Å²) in [7, 11) is -1.03. The Balaban J connectivity index is 1.97. The van der Waals surface area contributed by atoms with Gasteiger partial charge in [0.15, 0.2) is 0 Å². The second kappa shape index (κ2) is 7.77. The Labute approximate surface area is 145 Å². The molecule has 1 aromatic heterocycles. The van der Waals surface area contributed by atoms with Gasteiger partial charge >= 0.3 is 6.18 Å². The molecule has 0 radical (unpaired) electrons. The third-order valence-corrected chi connectivity index (χ3v) is 4.34. The van der Waals surface area contributed by atoms with Crippen molar-refractivity contribution in [3.05, 3.63) is 35.7 Å². The summed E-state index contributed by atoms with van der Waals surface area (Å²) in [5.74, 6) is -2.01. The minimum atomic E-state index is -4.68. The van der Waals surface area contributed by atoms with E-state index in [0.717, 1.165) is 10.5 Å². The van der Waals surface area contributed by atoms with Crippen molar-refractivity contribution >= 4 is 22.7 Å². The maximum absolute atomic E-state index is 12.7. The molecule has 10 heteroatoms. The molecule has 25 heavy (non-hydrogen) atoms. The molecular formula is C15H18F3N5OS. The third-order valence-electron chi connectivity index (χ3n) is 3.40. The Morgan fingerprint density at radius 2 is 1.84 bits per heavy atom. The van der Waals surface area contributed by atoms with Gasteiger partial charge in [-0.1, -0.05) is 12.1 Å². The quantitative estimate of drug-likeness (QED) is 0.809. The molecule has 0 spiro atoms. The lowest BCUT2D eigenvalue weighted by Crippen LogP contribution is -2.21. The fourth-order valence-corrected chi connectivity index (χ4v) is 2.63. The molecule has 2 unspecified atom stereocenters. The zero-order chi connectivity index (χ0) is 18.6. The number of aromatic nitrogens is 3. The minimum Gasteiger partial charge on any atom is -0.368 e. The van der Waals surface area contributed by atoms with Crippen molar-refractivity contribution in [3.8, 4) is 0 Å². The molecule has 2 atom stereocenters. The molecule has 0 fully saturated rings. The van der Waals surface area contributed by atoms with Gasteiger partial charge in [-0.15, -0.1) is 0 Å². The highest BCUT2D eigenvalue weighted by Gasteiger charge is 2.35. The number of nitrogens with zero attached hydrogens (tertiary/aromatic N) is 3. The molecular weight excluding hydrogens is 355 g/mol. The first-order valence-corrected chi connectivity index (χ1v) is 8.98. The largest absolute Gasteiger partial charge is 0.451 e. The first-order valence-electron chi connectivity index (χ1n) is 7.43. The van der Waals surface area contributed by atoms with Gasteiger partial charge in [0, 0.05) is 28.0 Å². The van der Waals surface area contributed by atoms with Crippen LogP contribution in [0.5, 0.6) is 0 Å². The van der Waals surface area contributed by atoms with Crippen LogP contribution in [0.2, 0.25) is 0 Å². The van der Waals surface area contributed by atoms with Crippen LogP contribution < -0.4 is 11.1 Å². The molecule has 1 aromatic carbocycles. The zero-order valence-corrected chi connectivity index (χ0v) is 14.5. The SMILES string of the molecule is CC(CCc1ccc(S(C)=O)cc1)Nc1nc(N)nc(C(F)(F)F)n1. The molecule has 2 aromatic rings. The summed E-state index contributed by atoms with van der Waals surface area (Å²) in [6.07, 6.45) is -1.74. The number of hydrogen-bond donors (Lipinski definition) is 2. The summed E-state index contributed by atoms with van der Waals surface area (Å²) >= 11 is 0. The summed E-state index contributed by atoms with van der Waals surface area (Å²) in [4.78, 5) is 10.9. The van der Waals surface area contributed by atoms with Crippen molar-refractivity contribution < 1.29 is 17.4 Å². The number of aryl methyl sites for hydroxylation is 1. The molecule has 6 nitrogen and oxygen atoms in total. The van der Waals surface area contributed by atoms with Crippen LogP contribution in [0.15, 0.2) is 29.2 Å². The molecule has 0 saturated heterocycles. The highest BCUT2D eigenvalue weighted by molar-refractivity contribution is 7.84. The minimum absolute atomic E-state index is 0.178. The lowest BCUT2D eigenvalue weighted by atomic mass is 10.1. The molecule has 0 bridgehead atoms. The van der Waals surface area contributed by atoms with E-state index in [9.17, 15) is 17.4 Å². The normalized spacial score (nSPS) is 14.1. The van der Waals surface area contributed by atoms with Crippen molar-refractivity contribution in [3.63, 3.8) is 0 Å². The Morgan fingerprint density at radius 1 is 1.20 bits per heavy atom. The summed E-state index contributed by atoms with van der Waals surface area (Å²) in [6.45, 7) is 1.81. The van der Waals surface area contributed by atoms with Crippen molar-refractivity contribution in [1.82, 2.24) is 15.0 Å². The first-order chi connectivity index (χ1) is 11.6. The lowest BCUT2D eigenvalue weighted by molar-refractivity contribution is -0.144. The summed E-state index contributed by atoms with van der Waals surface area (Å²) in [6, 6.07) is 7.18. The van der Waals surface area contributed by atoms with Crippen molar-refractivity contribution in [1.29, 1.82) is 0 Å². The number of rotatable bonds is 6. The van der Waals surface area contributed by atoms with E-state index in [1.165, 1.54) is 0 Å². The van der Waals surface area contributed by atoms with E-state index < -0.39 is 28.7 Å². The number of hydrogen-bond acceptors (Lipinski definition) is 6. The van der Waals surface area contributed by atoms with Crippen molar-refractivity contribution in [2.24, 2.45) is 0 Å². The number of halogens is 3.